The first-order valence-corrected chi connectivity index (χ1v) is 12.6. The van der Waals surface area contributed by atoms with Crippen molar-refractivity contribution in [2.45, 2.75) is 111 Å². The predicted octanol–water partition coefficient (Wildman–Crippen LogP) is 7.22. The van der Waals surface area contributed by atoms with Gasteiger partial charge in [-0.05, 0) is 104 Å². The molecule has 4 aliphatic rings. The molecule has 0 radical (unpaired) electrons. The van der Waals surface area contributed by atoms with E-state index in [1.54, 1.807) is 19.3 Å². The molecule has 0 heterocycles. The molecule has 0 amide bonds. The molecular weight excluding hydrogens is 328 g/mol. The van der Waals surface area contributed by atoms with Gasteiger partial charge in [0.15, 0.2) is 0 Å². The summed E-state index contributed by atoms with van der Waals surface area (Å²) in [7, 11) is 0. The van der Waals surface area contributed by atoms with Crippen molar-refractivity contribution in [1.29, 1.82) is 0 Å². The van der Waals surface area contributed by atoms with Gasteiger partial charge in [-0.25, -0.2) is 0 Å². The van der Waals surface area contributed by atoms with E-state index < -0.39 is 0 Å². The molecule has 1 heteroatoms. The molecule has 4 rings (SSSR count). The Morgan fingerprint density at radius 1 is 0.815 bits per heavy atom. The average molecular weight is 375 g/mol. The first-order valence-electron chi connectivity index (χ1n) is 12.6. The van der Waals surface area contributed by atoms with Crippen molar-refractivity contribution in [3.8, 4) is 0 Å². The Labute approximate surface area is 169 Å². The molecule has 0 aromatic heterocycles. The first-order chi connectivity index (χ1) is 13.0. The minimum Gasteiger partial charge on any atom is -0.396 e. The van der Waals surface area contributed by atoms with Crippen LogP contribution in [0.2, 0.25) is 0 Å². The van der Waals surface area contributed by atoms with Gasteiger partial charge in [-0.15, -0.1) is 0 Å². The third kappa shape index (κ3) is 3.43. The highest BCUT2D eigenvalue weighted by Gasteiger charge is 2.59. The van der Waals surface area contributed by atoms with Crippen LogP contribution in [0, 0.1) is 46.3 Å². The summed E-state index contributed by atoms with van der Waals surface area (Å²) in [6.07, 6.45) is 20.2. The van der Waals surface area contributed by atoms with Gasteiger partial charge in [0.25, 0.3) is 0 Å². The number of hydrogen-bond donors (Lipinski definition) is 1. The highest BCUT2D eigenvalue weighted by molar-refractivity contribution is 5.09. The zero-order chi connectivity index (χ0) is 19.1. The number of unbranched alkanes of at least 4 members (excludes halogenated alkanes) is 2. The second-order valence-electron chi connectivity index (χ2n) is 11.7. The summed E-state index contributed by atoms with van der Waals surface area (Å²) in [4.78, 5) is 0. The fourth-order valence-electron chi connectivity index (χ4n) is 9.23. The van der Waals surface area contributed by atoms with Gasteiger partial charge in [0.05, 0.1) is 0 Å². The van der Waals surface area contributed by atoms with E-state index in [9.17, 15) is 0 Å². The molecule has 156 valence electrons. The quantitative estimate of drug-likeness (QED) is 0.486. The Kier molecular flexibility index (Phi) is 6.00. The van der Waals surface area contributed by atoms with E-state index in [1.807, 2.05) is 0 Å². The SMILES string of the molecule is C[C@H](CCCCCO)[C@H]1CC[C@H]2[C@@H]3CCC4CCCC[C@]4(C)[C@H]3CC[C@]12C. The molecular formula is C26H46O. The van der Waals surface area contributed by atoms with Crippen molar-refractivity contribution in [2.75, 3.05) is 6.61 Å². The topological polar surface area (TPSA) is 20.2 Å². The molecule has 4 aliphatic carbocycles. The number of fused-ring (bicyclic) bond motifs is 5. The monoisotopic (exact) mass is 374 g/mol. The first kappa shape index (κ1) is 20.2. The average Bonchev–Trinajstić information content (AvgIpc) is 3.02. The largest absolute Gasteiger partial charge is 0.396 e. The molecule has 0 spiro atoms. The second kappa shape index (κ2) is 8.00. The lowest BCUT2D eigenvalue weighted by Gasteiger charge is -2.61. The summed E-state index contributed by atoms with van der Waals surface area (Å²) in [6.45, 7) is 8.36. The van der Waals surface area contributed by atoms with Gasteiger partial charge in [-0.2, -0.15) is 0 Å². The van der Waals surface area contributed by atoms with Crippen LogP contribution in [-0.4, -0.2) is 11.7 Å². The Hall–Kier alpha value is -0.0400. The van der Waals surface area contributed by atoms with E-state index in [1.165, 1.54) is 64.2 Å². The highest BCUT2D eigenvalue weighted by Crippen LogP contribution is 2.68. The second-order valence-corrected chi connectivity index (χ2v) is 11.7. The highest BCUT2D eigenvalue weighted by atomic mass is 16.2. The summed E-state index contributed by atoms with van der Waals surface area (Å²) in [5, 5.41) is 9.05. The Morgan fingerprint density at radius 2 is 1.63 bits per heavy atom. The van der Waals surface area contributed by atoms with E-state index >= 15 is 0 Å². The maximum atomic E-state index is 9.05. The molecule has 8 atom stereocenters. The van der Waals surface area contributed by atoms with E-state index in [0.29, 0.717) is 17.4 Å². The number of hydrogen-bond acceptors (Lipinski definition) is 1. The van der Waals surface area contributed by atoms with Crippen LogP contribution >= 0.6 is 0 Å². The summed E-state index contributed by atoms with van der Waals surface area (Å²) < 4.78 is 0. The minimum absolute atomic E-state index is 0.375. The maximum absolute atomic E-state index is 9.05. The Bertz CT molecular complexity index is 500. The van der Waals surface area contributed by atoms with Crippen LogP contribution in [0.15, 0.2) is 0 Å². The van der Waals surface area contributed by atoms with Crippen molar-refractivity contribution >= 4 is 0 Å². The van der Waals surface area contributed by atoms with Crippen LogP contribution in [0.5, 0.6) is 0 Å². The molecule has 0 aromatic rings. The molecule has 0 aromatic carbocycles. The molecule has 1 N–H and O–H groups in total. The van der Waals surface area contributed by atoms with Crippen LogP contribution in [0.4, 0.5) is 0 Å². The molecule has 4 fully saturated rings. The zero-order valence-corrected chi connectivity index (χ0v) is 18.5. The van der Waals surface area contributed by atoms with Gasteiger partial charge >= 0.3 is 0 Å². The summed E-state index contributed by atoms with van der Waals surface area (Å²) in [6, 6.07) is 0. The number of rotatable bonds is 6. The van der Waals surface area contributed by atoms with Crippen molar-refractivity contribution in [2.24, 2.45) is 46.3 Å². The van der Waals surface area contributed by atoms with Crippen molar-refractivity contribution in [1.82, 2.24) is 0 Å². The van der Waals surface area contributed by atoms with Crippen LogP contribution in [0.25, 0.3) is 0 Å². The van der Waals surface area contributed by atoms with Crippen molar-refractivity contribution in [3.63, 3.8) is 0 Å². The summed E-state index contributed by atoms with van der Waals surface area (Å²) >= 11 is 0. The normalized spacial score (nSPS) is 47.8. The summed E-state index contributed by atoms with van der Waals surface area (Å²) in [5.41, 5.74) is 1.33. The molecule has 27 heavy (non-hydrogen) atoms. The van der Waals surface area contributed by atoms with E-state index in [4.69, 9.17) is 5.11 Å². The number of aliphatic hydroxyl groups is 1. The minimum atomic E-state index is 0.375. The van der Waals surface area contributed by atoms with E-state index in [0.717, 1.165) is 41.9 Å². The summed E-state index contributed by atoms with van der Waals surface area (Å²) in [5.74, 6) is 6.04. The number of aliphatic hydroxyl groups excluding tert-OH is 1. The smallest absolute Gasteiger partial charge is 0.0431 e. The van der Waals surface area contributed by atoms with Gasteiger partial charge in [-0.1, -0.05) is 52.9 Å². The maximum Gasteiger partial charge on any atom is 0.0431 e. The van der Waals surface area contributed by atoms with Crippen LogP contribution in [0.1, 0.15) is 111 Å². The standard InChI is InChI=1S/C26H46O/c1-19(9-5-4-8-18-27)22-13-14-23-21-12-11-20-10-6-7-16-25(20,2)24(21)15-17-26(22,23)3/h19-24,27H,4-18H2,1-3H3/t19-,20?,21+,22-,23+,24+,25+,26-/m1/s1. The lowest BCUT2D eigenvalue weighted by molar-refractivity contribution is -0.114. The van der Waals surface area contributed by atoms with Gasteiger partial charge in [0, 0.05) is 6.61 Å². The predicted molar refractivity (Wildman–Crippen MR) is 115 cm³/mol. The van der Waals surface area contributed by atoms with Gasteiger partial charge in [0.2, 0.25) is 0 Å². The molecule has 0 bridgehead atoms. The molecule has 0 saturated heterocycles. The van der Waals surface area contributed by atoms with E-state index in [-0.39, 0.29) is 0 Å². The van der Waals surface area contributed by atoms with Gasteiger partial charge < -0.3 is 5.11 Å². The van der Waals surface area contributed by atoms with Crippen LogP contribution in [0.3, 0.4) is 0 Å². The molecule has 0 aliphatic heterocycles. The Morgan fingerprint density at radius 3 is 2.44 bits per heavy atom. The van der Waals surface area contributed by atoms with Gasteiger partial charge in [-0.3, -0.25) is 0 Å². The third-order valence-corrected chi connectivity index (χ3v) is 10.7. The van der Waals surface area contributed by atoms with Gasteiger partial charge in [0.1, 0.15) is 0 Å². The lowest BCUT2D eigenvalue weighted by Crippen LogP contribution is -2.53. The molecule has 1 unspecified atom stereocenters. The molecule has 1 nitrogen and oxygen atoms in total. The van der Waals surface area contributed by atoms with E-state index in [2.05, 4.69) is 20.8 Å². The van der Waals surface area contributed by atoms with Crippen LogP contribution < -0.4 is 0 Å². The molecule has 4 saturated carbocycles. The lowest BCUT2D eigenvalue weighted by atomic mass is 9.44. The van der Waals surface area contributed by atoms with Crippen molar-refractivity contribution in [3.05, 3.63) is 0 Å². The van der Waals surface area contributed by atoms with Crippen LogP contribution in [-0.2, 0) is 0 Å². The van der Waals surface area contributed by atoms with Crippen molar-refractivity contribution < 1.29 is 5.11 Å². The third-order valence-electron chi connectivity index (χ3n) is 10.7. The fraction of sp³-hybridized carbons (Fsp3) is 1.00. The zero-order valence-electron chi connectivity index (χ0n) is 18.5. The fourth-order valence-corrected chi connectivity index (χ4v) is 9.23. The Balaban J connectivity index is 1.45.